The number of ether oxygens (including phenoxy) is 1. The summed E-state index contributed by atoms with van der Waals surface area (Å²) in [6, 6.07) is 23.2. The summed E-state index contributed by atoms with van der Waals surface area (Å²) < 4.78 is 7.35. The third-order valence-corrected chi connectivity index (χ3v) is 4.43. The zero-order valence-corrected chi connectivity index (χ0v) is 15.6. The van der Waals surface area contributed by atoms with Gasteiger partial charge in [0.05, 0.1) is 13.0 Å². The minimum atomic E-state index is -0.0907. The Labute approximate surface area is 163 Å². The molecular formula is C23H21N3O2. The van der Waals surface area contributed by atoms with Crippen LogP contribution in [0.4, 0.5) is 5.82 Å². The predicted octanol–water partition coefficient (Wildman–Crippen LogP) is 4.58. The van der Waals surface area contributed by atoms with Crippen LogP contribution in [0.1, 0.15) is 12.5 Å². The van der Waals surface area contributed by atoms with Crippen molar-refractivity contribution < 1.29 is 9.53 Å². The maximum atomic E-state index is 12.7. The maximum absolute atomic E-state index is 12.7. The van der Waals surface area contributed by atoms with E-state index >= 15 is 0 Å². The molecule has 0 unspecified atom stereocenters. The van der Waals surface area contributed by atoms with Gasteiger partial charge < -0.3 is 10.1 Å². The summed E-state index contributed by atoms with van der Waals surface area (Å²) in [7, 11) is 0. The molecule has 1 N–H and O–H groups in total. The van der Waals surface area contributed by atoms with Gasteiger partial charge in [0.15, 0.2) is 0 Å². The Hall–Kier alpha value is -3.60. The van der Waals surface area contributed by atoms with E-state index in [1.807, 2.05) is 90.3 Å². The van der Waals surface area contributed by atoms with Crippen LogP contribution in [0.15, 0.2) is 79.0 Å². The molecule has 0 spiro atoms. The molecule has 5 heteroatoms. The first-order chi connectivity index (χ1) is 13.7. The molecule has 5 nitrogen and oxygen atoms in total. The topological polar surface area (TPSA) is 55.6 Å². The predicted molar refractivity (Wildman–Crippen MR) is 111 cm³/mol. The van der Waals surface area contributed by atoms with Crippen molar-refractivity contribution in [1.82, 2.24) is 9.38 Å². The molecule has 2 aromatic carbocycles. The minimum absolute atomic E-state index is 0.0907. The van der Waals surface area contributed by atoms with E-state index < -0.39 is 0 Å². The Morgan fingerprint density at radius 3 is 2.50 bits per heavy atom. The molecule has 0 aliphatic carbocycles. The number of anilines is 1. The normalized spacial score (nSPS) is 10.8. The van der Waals surface area contributed by atoms with Gasteiger partial charge in [-0.3, -0.25) is 9.20 Å². The minimum Gasteiger partial charge on any atom is -0.494 e. The van der Waals surface area contributed by atoms with Crippen LogP contribution in [0.2, 0.25) is 0 Å². The van der Waals surface area contributed by atoms with Gasteiger partial charge in [0, 0.05) is 11.8 Å². The summed E-state index contributed by atoms with van der Waals surface area (Å²) in [5, 5.41) is 3.05. The smallest absolute Gasteiger partial charge is 0.229 e. The van der Waals surface area contributed by atoms with Gasteiger partial charge in [-0.1, -0.05) is 48.5 Å². The number of rotatable bonds is 6. The molecule has 4 rings (SSSR count). The zero-order valence-electron chi connectivity index (χ0n) is 15.6. The Morgan fingerprint density at radius 1 is 1.00 bits per heavy atom. The van der Waals surface area contributed by atoms with Gasteiger partial charge in [0.25, 0.3) is 0 Å². The second-order valence-corrected chi connectivity index (χ2v) is 6.41. The first-order valence-corrected chi connectivity index (χ1v) is 9.28. The van der Waals surface area contributed by atoms with E-state index in [0.29, 0.717) is 12.4 Å². The molecule has 0 fully saturated rings. The lowest BCUT2D eigenvalue weighted by Gasteiger charge is -2.09. The van der Waals surface area contributed by atoms with Gasteiger partial charge >= 0.3 is 0 Å². The van der Waals surface area contributed by atoms with E-state index in [1.165, 1.54) is 0 Å². The summed E-state index contributed by atoms with van der Waals surface area (Å²) in [6.45, 7) is 2.57. The van der Waals surface area contributed by atoms with Crippen LogP contribution in [0.3, 0.4) is 0 Å². The Morgan fingerprint density at radius 2 is 1.75 bits per heavy atom. The lowest BCUT2D eigenvalue weighted by Crippen LogP contribution is -2.16. The summed E-state index contributed by atoms with van der Waals surface area (Å²) in [5.74, 6) is 1.39. The van der Waals surface area contributed by atoms with Crippen molar-refractivity contribution in [3.05, 3.63) is 84.6 Å². The first-order valence-electron chi connectivity index (χ1n) is 9.28. The standard InChI is InChI=1S/C23H21N3O2/c1-2-28-19-13-11-17(12-14-19)16-21(27)25-23-22(18-8-4-3-5-9-18)24-20-10-6-7-15-26(20)23/h3-15H,2,16H2,1H3,(H,25,27). The number of benzene rings is 2. The monoisotopic (exact) mass is 371 g/mol. The van der Waals surface area contributed by atoms with Crippen LogP contribution in [-0.2, 0) is 11.2 Å². The molecule has 1 amide bonds. The van der Waals surface area contributed by atoms with Crippen LogP contribution < -0.4 is 10.1 Å². The Bertz CT molecular complexity index is 1090. The summed E-state index contributed by atoms with van der Waals surface area (Å²) in [6.07, 6.45) is 2.18. The fraction of sp³-hybridized carbons (Fsp3) is 0.130. The largest absolute Gasteiger partial charge is 0.494 e. The SMILES string of the molecule is CCOc1ccc(CC(=O)Nc2c(-c3ccccc3)nc3ccccn23)cc1. The Kier molecular flexibility index (Phi) is 5.06. The lowest BCUT2D eigenvalue weighted by molar-refractivity contribution is -0.115. The molecule has 0 saturated carbocycles. The van der Waals surface area contributed by atoms with Gasteiger partial charge in [-0.15, -0.1) is 0 Å². The van der Waals surface area contributed by atoms with Crippen molar-refractivity contribution >= 4 is 17.4 Å². The van der Waals surface area contributed by atoms with Crippen LogP contribution in [0, 0.1) is 0 Å². The second-order valence-electron chi connectivity index (χ2n) is 6.41. The quantitative estimate of drug-likeness (QED) is 0.540. The number of nitrogens with one attached hydrogen (secondary N) is 1. The molecule has 0 aliphatic heterocycles. The molecule has 2 heterocycles. The summed E-state index contributed by atoms with van der Waals surface area (Å²) >= 11 is 0. The number of carbonyl (C=O) groups is 1. The molecule has 0 radical (unpaired) electrons. The number of nitrogens with zero attached hydrogens (tertiary/aromatic N) is 2. The molecule has 2 aromatic heterocycles. The molecule has 0 atom stereocenters. The highest BCUT2D eigenvalue weighted by molar-refractivity contribution is 5.95. The number of hydrogen-bond donors (Lipinski definition) is 1. The number of pyridine rings is 1. The van der Waals surface area contributed by atoms with Gasteiger partial charge in [-0.05, 0) is 36.8 Å². The van der Waals surface area contributed by atoms with E-state index in [4.69, 9.17) is 9.72 Å². The highest BCUT2D eigenvalue weighted by Crippen LogP contribution is 2.28. The van der Waals surface area contributed by atoms with Crippen molar-refractivity contribution in [3.8, 4) is 17.0 Å². The van der Waals surface area contributed by atoms with Crippen molar-refractivity contribution in [2.45, 2.75) is 13.3 Å². The van der Waals surface area contributed by atoms with Gasteiger partial charge in [-0.25, -0.2) is 4.98 Å². The number of fused-ring (bicyclic) bond motifs is 1. The van der Waals surface area contributed by atoms with E-state index in [1.54, 1.807) is 0 Å². The molecule has 4 aromatic rings. The van der Waals surface area contributed by atoms with Crippen molar-refractivity contribution in [2.75, 3.05) is 11.9 Å². The van der Waals surface area contributed by atoms with Crippen LogP contribution in [0.5, 0.6) is 5.75 Å². The molecule has 0 bridgehead atoms. The Balaban J connectivity index is 1.61. The maximum Gasteiger partial charge on any atom is 0.229 e. The van der Waals surface area contributed by atoms with E-state index in [9.17, 15) is 4.79 Å². The van der Waals surface area contributed by atoms with Crippen molar-refractivity contribution in [1.29, 1.82) is 0 Å². The highest BCUT2D eigenvalue weighted by atomic mass is 16.5. The number of hydrogen-bond acceptors (Lipinski definition) is 3. The number of imidazole rings is 1. The zero-order chi connectivity index (χ0) is 19.3. The summed E-state index contributed by atoms with van der Waals surface area (Å²) in [5.41, 5.74) is 3.43. The summed E-state index contributed by atoms with van der Waals surface area (Å²) in [4.78, 5) is 17.4. The van der Waals surface area contributed by atoms with Gasteiger partial charge in [0.2, 0.25) is 5.91 Å². The molecule has 28 heavy (non-hydrogen) atoms. The lowest BCUT2D eigenvalue weighted by atomic mass is 10.1. The van der Waals surface area contributed by atoms with Crippen LogP contribution in [0.25, 0.3) is 16.9 Å². The van der Waals surface area contributed by atoms with Gasteiger partial charge in [-0.2, -0.15) is 0 Å². The van der Waals surface area contributed by atoms with E-state index in [-0.39, 0.29) is 12.3 Å². The van der Waals surface area contributed by atoms with Crippen molar-refractivity contribution in [3.63, 3.8) is 0 Å². The number of carbonyl (C=O) groups excluding carboxylic acids is 1. The molecule has 0 saturated heterocycles. The first kappa shape index (κ1) is 17.8. The number of amides is 1. The average Bonchev–Trinajstić information content (AvgIpc) is 3.09. The third kappa shape index (κ3) is 3.74. The molecule has 0 aliphatic rings. The van der Waals surface area contributed by atoms with E-state index in [2.05, 4.69) is 5.32 Å². The fourth-order valence-electron chi connectivity index (χ4n) is 3.14. The average molecular weight is 371 g/mol. The van der Waals surface area contributed by atoms with Crippen molar-refractivity contribution in [2.24, 2.45) is 0 Å². The highest BCUT2D eigenvalue weighted by Gasteiger charge is 2.16. The van der Waals surface area contributed by atoms with E-state index in [0.717, 1.165) is 28.2 Å². The molecule has 140 valence electrons. The second kappa shape index (κ2) is 7.96. The van der Waals surface area contributed by atoms with Crippen LogP contribution in [-0.4, -0.2) is 21.9 Å². The fourth-order valence-corrected chi connectivity index (χ4v) is 3.14. The van der Waals surface area contributed by atoms with Gasteiger partial charge in [0.1, 0.15) is 22.9 Å². The van der Waals surface area contributed by atoms with Crippen LogP contribution >= 0.6 is 0 Å². The molecular weight excluding hydrogens is 350 g/mol. The number of aromatic nitrogens is 2. The third-order valence-electron chi connectivity index (χ3n) is 4.43.